The molecule has 0 aromatic heterocycles. The molecule has 0 atom stereocenters. The quantitative estimate of drug-likeness (QED) is 0.589. The van der Waals surface area contributed by atoms with Crippen molar-refractivity contribution in [3.8, 4) is 11.8 Å². The summed E-state index contributed by atoms with van der Waals surface area (Å²) in [5.41, 5.74) is 10.9. The van der Waals surface area contributed by atoms with Gasteiger partial charge in [-0.2, -0.15) is 5.26 Å². The van der Waals surface area contributed by atoms with Gasteiger partial charge in [-0.25, -0.2) is 0 Å². The fourth-order valence-electron chi connectivity index (χ4n) is 1.31. The number of nitriles is 1. The molecule has 0 fully saturated rings. The number of rotatable bonds is 5. The Balaban J connectivity index is 2.68. The first-order valence-electron chi connectivity index (χ1n) is 5.38. The molecule has 1 amide bonds. The van der Waals surface area contributed by atoms with Crippen LogP contribution in [0.3, 0.4) is 0 Å². The summed E-state index contributed by atoms with van der Waals surface area (Å²) >= 11 is 0. The average Bonchev–Trinajstić information content (AvgIpc) is 2.37. The zero-order valence-electron chi connectivity index (χ0n) is 10.3. The van der Waals surface area contributed by atoms with E-state index in [9.17, 15) is 9.59 Å². The van der Waals surface area contributed by atoms with E-state index in [2.05, 4.69) is 0 Å². The summed E-state index contributed by atoms with van der Waals surface area (Å²) in [5, 5.41) is 8.75. The number of allylic oxidation sites excluding steroid dienone is 1. The maximum absolute atomic E-state index is 11.6. The SMILES string of the molecule is C/C(N)=C(/C#N)C(=O)COc1ccc(C(N)=O)cc1. The Morgan fingerprint density at radius 3 is 2.26 bits per heavy atom. The van der Waals surface area contributed by atoms with Gasteiger partial charge in [-0.15, -0.1) is 0 Å². The van der Waals surface area contributed by atoms with Gasteiger partial charge >= 0.3 is 0 Å². The average molecular weight is 259 g/mol. The summed E-state index contributed by atoms with van der Waals surface area (Å²) in [4.78, 5) is 22.5. The fourth-order valence-corrected chi connectivity index (χ4v) is 1.31. The summed E-state index contributed by atoms with van der Waals surface area (Å²) < 4.78 is 5.19. The van der Waals surface area contributed by atoms with Crippen molar-refractivity contribution >= 4 is 11.7 Å². The molecule has 0 aliphatic carbocycles. The van der Waals surface area contributed by atoms with Gasteiger partial charge in [0.15, 0.2) is 6.61 Å². The van der Waals surface area contributed by atoms with Gasteiger partial charge in [-0.3, -0.25) is 9.59 Å². The van der Waals surface area contributed by atoms with Crippen LogP contribution < -0.4 is 16.2 Å². The highest BCUT2D eigenvalue weighted by atomic mass is 16.5. The standard InChI is InChI=1S/C13H13N3O3/c1-8(15)11(6-14)12(17)7-19-10-4-2-9(3-5-10)13(16)18/h2-5H,7,15H2,1H3,(H2,16,18)/b11-8+. The number of Topliss-reactive ketones (excluding diaryl/α,β-unsaturated/α-hetero) is 1. The molecular formula is C13H13N3O3. The van der Waals surface area contributed by atoms with Gasteiger partial charge in [0.2, 0.25) is 11.7 Å². The third kappa shape index (κ3) is 3.85. The van der Waals surface area contributed by atoms with E-state index in [1.54, 1.807) is 6.07 Å². The molecule has 19 heavy (non-hydrogen) atoms. The van der Waals surface area contributed by atoms with E-state index >= 15 is 0 Å². The Morgan fingerprint density at radius 1 is 1.26 bits per heavy atom. The highest BCUT2D eigenvalue weighted by Crippen LogP contribution is 2.12. The molecule has 0 radical (unpaired) electrons. The summed E-state index contributed by atoms with van der Waals surface area (Å²) in [6, 6.07) is 7.72. The molecule has 0 aliphatic heterocycles. The predicted octanol–water partition coefficient (Wildman–Crippen LogP) is 0.490. The zero-order valence-corrected chi connectivity index (χ0v) is 10.3. The Labute approximate surface area is 110 Å². The van der Waals surface area contributed by atoms with Crippen molar-refractivity contribution in [3.63, 3.8) is 0 Å². The highest BCUT2D eigenvalue weighted by molar-refractivity contribution is 6.00. The number of nitrogens with two attached hydrogens (primary N) is 2. The Hall–Kier alpha value is -2.81. The minimum atomic E-state index is -0.545. The molecule has 1 aromatic carbocycles. The molecule has 0 spiro atoms. The minimum absolute atomic E-state index is 0.117. The van der Waals surface area contributed by atoms with Gasteiger partial charge in [-0.1, -0.05) is 0 Å². The van der Waals surface area contributed by atoms with Gasteiger partial charge in [0.25, 0.3) is 0 Å². The topological polar surface area (TPSA) is 119 Å². The van der Waals surface area contributed by atoms with Crippen LogP contribution in [-0.4, -0.2) is 18.3 Å². The lowest BCUT2D eigenvalue weighted by Gasteiger charge is -2.06. The van der Waals surface area contributed by atoms with E-state index in [-0.39, 0.29) is 17.9 Å². The number of ketones is 1. The summed E-state index contributed by atoms with van der Waals surface area (Å²) in [6.45, 7) is 1.17. The van der Waals surface area contributed by atoms with Gasteiger partial charge in [0.05, 0.1) is 0 Å². The lowest BCUT2D eigenvalue weighted by atomic mass is 10.1. The lowest BCUT2D eigenvalue weighted by Crippen LogP contribution is -2.16. The van der Waals surface area contributed by atoms with E-state index in [1.165, 1.54) is 31.2 Å². The number of amides is 1. The molecule has 0 aliphatic rings. The third-order valence-electron chi connectivity index (χ3n) is 2.29. The van der Waals surface area contributed by atoms with E-state index in [0.717, 1.165) is 0 Å². The molecule has 0 saturated carbocycles. The first-order chi connectivity index (χ1) is 8.95. The highest BCUT2D eigenvalue weighted by Gasteiger charge is 2.12. The van der Waals surface area contributed by atoms with Crippen LogP contribution in [-0.2, 0) is 4.79 Å². The third-order valence-corrected chi connectivity index (χ3v) is 2.29. The number of ether oxygens (including phenoxy) is 1. The van der Waals surface area contributed by atoms with Crippen molar-refractivity contribution in [2.45, 2.75) is 6.92 Å². The molecule has 0 heterocycles. The molecule has 0 saturated heterocycles. The molecule has 0 bridgehead atoms. The van der Waals surface area contributed by atoms with Crippen molar-refractivity contribution in [2.24, 2.45) is 11.5 Å². The van der Waals surface area contributed by atoms with Crippen LogP contribution in [0.5, 0.6) is 5.75 Å². The Kier molecular flexibility index (Phi) is 4.66. The van der Waals surface area contributed by atoms with E-state index < -0.39 is 11.7 Å². The Bertz CT molecular complexity index is 564. The fraction of sp³-hybridized carbons (Fsp3) is 0.154. The molecular weight excluding hydrogens is 246 g/mol. The normalized spacial score (nSPS) is 11.2. The second kappa shape index (κ2) is 6.21. The number of hydrogen-bond donors (Lipinski definition) is 2. The van der Waals surface area contributed by atoms with Crippen molar-refractivity contribution in [2.75, 3.05) is 6.61 Å². The molecule has 4 N–H and O–H groups in total. The number of benzene rings is 1. The van der Waals surface area contributed by atoms with Gasteiger partial charge < -0.3 is 16.2 Å². The smallest absolute Gasteiger partial charge is 0.248 e. The van der Waals surface area contributed by atoms with Crippen LogP contribution in [0.1, 0.15) is 17.3 Å². The first-order valence-corrected chi connectivity index (χ1v) is 5.38. The van der Waals surface area contributed by atoms with Crippen LogP contribution in [0.15, 0.2) is 35.5 Å². The van der Waals surface area contributed by atoms with Gasteiger partial charge in [0.1, 0.15) is 17.4 Å². The summed E-state index contributed by atoms with van der Waals surface area (Å²) in [5.74, 6) is -0.650. The zero-order chi connectivity index (χ0) is 14.4. The molecule has 6 nitrogen and oxygen atoms in total. The second-order valence-corrected chi connectivity index (χ2v) is 3.77. The maximum atomic E-state index is 11.6. The van der Waals surface area contributed by atoms with Crippen LogP contribution in [0.2, 0.25) is 0 Å². The number of primary amides is 1. The molecule has 1 aromatic rings. The molecule has 1 rings (SSSR count). The Morgan fingerprint density at radius 2 is 1.84 bits per heavy atom. The number of carbonyl (C=O) groups is 2. The van der Waals surface area contributed by atoms with Crippen molar-refractivity contribution in [1.82, 2.24) is 0 Å². The van der Waals surface area contributed by atoms with E-state index in [1.807, 2.05) is 0 Å². The first kappa shape index (κ1) is 14.3. The molecule has 6 heteroatoms. The summed E-state index contributed by atoms with van der Waals surface area (Å²) in [7, 11) is 0. The predicted molar refractivity (Wildman–Crippen MR) is 68.0 cm³/mol. The van der Waals surface area contributed by atoms with Gasteiger partial charge in [0, 0.05) is 11.3 Å². The minimum Gasteiger partial charge on any atom is -0.485 e. The lowest BCUT2D eigenvalue weighted by molar-refractivity contribution is -0.117. The molecule has 0 unspecified atom stereocenters. The maximum Gasteiger partial charge on any atom is 0.248 e. The number of hydrogen-bond acceptors (Lipinski definition) is 5. The second-order valence-electron chi connectivity index (χ2n) is 3.77. The van der Waals surface area contributed by atoms with E-state index in [0.29, 0.717) is 11.3 Å². The summed E-state index contributed by atoms with van der Waals surface area (Å²) in [6.07, 6.45) is 0. The van der Waals surface area contributed by atoms with Crippen LogP contribution >= 0.6 is 0 Å². The van der Waals surface area contributed by atoms with Crippen molar-refractivity contribution in [1.29, 1.82) is 5.26 Å². The van der Waals surface area contributed by atoms with E-state index in [4.69, 9.17) is 21.5 Å². The van der Waals surface area contributed by atoms with Crippen LogP contribution in [0.4, 0.5) is 0 Å². The van der Waals surface area contributed by atoms with Crippen LogP contribution in [0, 0.1) is 11.3 Å². The van der Waals surface area contributed by atoms with Crippen LogP contribution in [0.25, 0.3) is 0 Å². The largest absolute Gasteiger partial charge is 0.485 e. The van der Waals surface area contributed by atoms with Crippen molar-refractivity contribution < 1.29 is 14.3 Å². The number of nitrogens with zero attached hydrogens (tertiary/aromatic N) is 1. The number of carbonyl (C=O) groups excluding carboxylic acids is 2. The monoisotopic (exact) mass is 259 g/mol. The van der Waals surface area contributed by atoms with Gasteiger partial charge in [-0.05, 0) is 31.2 Å². The van der Waals surface area contributed by atoms with Crippen molar-refractivity contribution in [3.05, 3.63) is 41.1 Å². The molecule has 98 valence electrons.